The van der Waals surface area contributed by atoms with Gasteiger partial charge in [0, 0.05) is 5.54 Å². The Morgan fingerprint density at radius 3 is 2.67 bits per heavy atom. The summed E-state index contributed by atoms with van der Waals surface area (Å²) in [5.74, 6) is -0.215. The summed E-state index contributed by atoms with van der Waals surface area (Å²) in [6.07, 6.45) is 0.675. The van der Waals surface area contributed by atoms with E-state index in [9.17, 15) is 4.79 Å². The van der Waals surface area contributed by atoms with Gasteiger partial charge in [-0.05, 0) is 45.2 Å². The summed E-state index contributed by atoms with van der Waals surface area (Å²) in [5.41, 5.74) is 3.34. The first kappa shape index (κ1) is 14.2. The number of rotatable bonds is 4. The molecule has 1 aromatic carbocycles. The maximum Gasteiger partial charge on any atom is 0.234 e. The molecule has 0 aromatic heterocycles. The summed E-state index contributed by atoms with van der Waals surface area (Å²) in [6.45, 7) is 8.08. The topological polar surface area (TPSA) is 52.9 Å². The molecule has 1 rings (SSSR count). The van der Waals surface area contributed by atoms with Crippen molar-refractivity contribution in [3.05, 3.63) is 34.9 Å². The molecule has 0 atom stereocenters. The van der Waals surface area contributed by atoms with Crippen molar-refractivity contribution < 1.29 is 4.79 Å². The highest BCUT2D eigenvalue weighted by Gasteiger charge is 2.21. The van der Waals surface area contributed by atoms with Crippen molar-refractivity contribution in [2.45, 2.75) is 46.1 Å². The van der Waals surface area contributed by atoms with E-state index in [0.29, 0.717) is 0 Å². The largest absolute Gasteiger partial charge is 0.350 e. The molecule has 0 bridgehead atoms. The van der Waals surface area contributed by atoms with Crippen LogP contribution >= 0.6 is 0 Å². The van der Waals surface area contributed by atoms with Crippen LogP contribution in [0.1, 0.15) is 37.0 Å². The lowest BCUT2D eigenvalue weighted by molar-refractivity contribution is -0.121. The first-order chi connectivity index (χ1) is 8.34. The second-order valence-corrected chi connectivity index (χ2v) is 5.37. The van der Waals surface area contributed by atoms with Crippen LogP contribution in [0.5, 0.6) is 0 Å². The Bertz CT molecular complexity index is 484. The van der Waals surface area contributed by atoms with Gasteiger partial charge in [-0.15, -0.1) is 0 Å². The summed E-state index contributed by atoms with van der Waals surface area (Å²) in [5, 5.41) is 11.4. The molecular formula is C15H20N2O. The number of nitrogens with one attached hydrogen (secondary N) is 1. The Hall–Kier alpha value is -1.82. The number of benzene rings is 1. The zero-order chi connectivity index (χ0) is 13.8. The molecule has 0 radical (unpaired) electrons. The first-order valence-electron chi connectivity index (χ1n) is 6.08. The number of aryl methyl sites for hydroxylation is 2. The van der Waals surface area contributed by atoms with Crippen LogP contribution in [-0.2, 0) is 11.2 Å². The Balaban J connectivity index is 2.79. The number of nitriles is 1. The number of hydrogen-bond donors (Lipinski definition) is 1. The van der Waals surface area contributed by atoms with E-state index in [1.165, 1.54) is 16.7 Å². The minimum absolute atomic E-state index is 0.0871. The monoisotopic (exact) mass is 244 g/mol. The summed E-state index contributed by atoms with van der Waals surface area (Å²) in [4.78, 5) is 11.5. The van der Waals surface area contributed by atoms with E-state index < -0.39 is 0 Å². The molecule has 3 heteroatoms. The van der Waals surface area contributed by atoms with Crippen molar-refractivity contribution in [1.82, 2.24) is 5.32 Å². The molecule has 0 saturated carbocycles. The van der Waals surface area contributed by atoms with Gasteiger partial charge in [-0.25, -0.2) is 0 Å². The molecule has 0 aliphatic rings. The maximum atomic E-state index is 11.5. The number of carbonyl (C=O) groups is 1. The van der Waals surface area contributed by atoms with Gasteiger partial charge in [-0.3, -0.25) is 4.79 Å². The second-order valence-electron chi connectivity index (χ2n) is 5.37. The highest BCUT2D eigenvalue weighted by atomic mass is 16.1. The van der Waals surface area contributed by atoms with Gasteiger partial charge in [0.2, 0.25) is 5.91 Å². The van der Waals surface area contributed by atoms with Crippen molar-refractivity contribution >= 4 is 5.91 Å². The number of carbonyl (C=O) groups excluding carboxylic acids is 1. The molecule has 1 aromatic rings. The highest BCUT2D eigenvalue weighted by molar-refractivity contribution is 5.78. The van der Waals surface area contributed by atoms with E-state index in [1.54, 1.807) is 0 Å². The van der Waals surface area contributed by atoms with Crippen molar-refractivity contribution in [2.75, 3.05) is 0 Å². The van der Waals surface area contributed by atoms with Gasteiger partial charge >= 0.3 is 0 Å². The fourth-order valence-electron chi connectivity index (χ4n) is 2.00. The molecule has 0 aliphatic carbocycles. The molecule has 0 fully saturated rings. The van der Waals surface area contributed by atoms with Gasteiger partial charge in [-0.1, -0.05) is 23.8 Å². The first-order valence-corrected chi connectivity index (χ1v) is 6.08. The fraction of sp³-hybridized carbons (Fsp3) is 0.467. The van der Waals surface area contributed by atoms with Gasteiger partial charge in [0.15, 0.2) is 0 Å². The van der Waals surface area contributed by atoms with Gasteiger partial charge in [0.05, 0.1) is 6.07 Å². The van der Waals surface area contributed by atoms with Crippen LogP contribution in [-0.4, -0.2) is 11.4 Å². The molecule has 1 N–H and O–H groups in total. The van der Waals surface area contributed by atoms with Crippen LogP contribution in [0.3, 0.4) is 0 Å². The second kappa shape index (κ2) is 5.68. The van der Waals surface area contributed by atoms with Crippen LogP contribution in [0.25, 0.3) is 0 Å². The Morgan fingerprint density at radius 1 is 1.39 bits per heavy atom. The predicted molar refractivity (Wildman–Crippen MR) is 72.1 cm³/mol. The van der Waals surface area contributed by atoms with Gasteiger partial charge in [-0.2, -0.15) is 5.26 Å². The molecular weight excluding hydrogens is 224 g/mol. The standard InChI is InChI=1S/C15H20N2O/c1-11-5-6-12(2)13(9-11)10-15(3,4)17-14(18)7-8-16/h5-6,9H,7,10H2,1-4H3,(H,17,18). The van der Waals surface area contributed by atoms with E-state index in [1.807, 2.05) is 19.9 Å². The fourth-order valence-corrected chi connectivity index (χ4v) is 2.00. The Labute approximate surface area is 109 Å². The van der Waals surface area contributed by atoms with E-state index in [4.69, 9.17) is 5.26 Å². The average molecular weight is 244 g/mol. The summed E-state index contributed by atoms with van der Waals surface area (Å²) in [7, 11) is 0. The molecule has 1 amide bonds. The van der Waals surface area contributed by atoms with Crippen LogP contribution in [0, 0.1) is 25.2 Å². The van der Waals surface area contributed by atoms with E-state index in [0.717, 1.165) is 6.42 Å². The third-order valence-electron chi connectivity index (χ3n) is 2.85. The SMILES string of the molecule is Cc1ccc(C)c(CC(C)(C)NC(=O)CC#N)c1. The number of nitrogens with zero attached hydrogens (tertiary/aromatic N) is 1. The minimum atomic E-state index is -0.341. The third kappa shape index (κ3) is 4.21. The molecule has 18 heavy (non-hydrogen) atoms. The highest BCUT2D eigenvalue weighted by Crippen LogP contribution is 2.18. The molecule has 0 unspecified atom stereocenters. The summed E-state index contributed by atoms with van der Waals surface area (Å²) in [6, 6.07) is 8.19. The average Bonchev–Trinajstić information content (AvgIpc) is 2.22. The minimum Gasteiger partial charge on any atom is -0.350 e. The molecule has 0 spiro atoms. The van der Waals surface area contributed by atoms with E-state index >= 15 is 0 Å². The normalized spacial score (nSPS) is 10.8. The van der Waals surface area contributed by atoms with E-state index in [2.05, 4.69) is 37.4 Å². The van der Waals surface area contributed by atoms with Crippen molar-refractivity contribution in [3.63, 3.8) is 0 Å². The molecule has 0 heterocycles. The van der Waals surface area contributed by atoms with Crippen LogP contribution in [0.15, 0.2) is 18.2 Å². The van der Waals surface area contributed by atoms with Gasteiger partial charge < -0.3 is 5.32 Å². The molecule has 0 saturated heterocycles. The van der Waals surface area contributed by atoms with Crippen molar-refractivity contribution in [3.8, 4) is 6.07 Å². The van der Waals surface area contributed by atoms with E-state index in [-0.39, 0.29) is 17.9 Å². The summed E-state index contributed by atoms with van der Waals surface area (Å²) < 4.78 is 0. The Kier molecular flexibility index (Phi) is 4.49. The van der Waals surface area contributed by atoms with Crippen LogP contribution in [0.2, 0.25) is 0 Å². The quantitative estimate of drug-likeness (QED) is 0.885. The van der Waals surface area contributed by atoms with Gasteiger partial charge in [0.25, 0.3) is 0 Å². The lowest BCUT2D eigenvalue weighted by Gasteiger charge is -2.27. The number of amides is 1. The summed E-state index contributed by atoms with van der Waals surface area (Å²) >= 11 is 0. The number of hydrogen-bond acceptors (Lipinski definition) is 2. The zero-order valence-electron chi connectivity index (χ0n) is 11.5. The zero-order valence-corrected chi connectivity index (χ0v) is 11.5. The van der Waals surface area contributed by atoms with Gasteiger partial charge in [0.1, 0.15) is 6.42 Å². The van der Waals surface area contributed by atoms with Crippen LogP contribution in [0.4, 0.5) is 0 Å². The smallest absolute Gasteiger partial charge is 0.234 e. The van der Waals surface area contributed by atoms with Crippen LogP contribution < -0.4 is 5.32 Å². The molecule has 3 nitrogen and oxygen atoms in total. The lowest BCUT2D eigenvalue weighted by Crippen LogP contribution is -2.45. The van der Waals surface area contributed by atoms with Crippen molar-refractivity contribution in [2.24, 2.45) is 0 Å². The Morgan fingerprint density at radius 2 is 2.06 bits per heavy atom. The lowest BCUT2D eigenvalue weighted by atomic mass is 9.91. The molecule has 96 valence electrons. The molecule has 0 aliphatic heterocycles. The van der Waals surface area contributed by atoms with Crippen molar-refractivity contribution in [1.29, 1.82) is 5.26 Å². The maximum absolute atomic E-state index is 11.5. The predicted octanol–water partition coefficient (Wildman–Crippen LogP) is 2.65. The third-order valence-corrected chi connectivity index (χ3v) is 2.85.